The highest BCUT2D eigenvalue weighted by Gasteiger charge is 2.43. The third kappa shape index (κ3) is 3.33. The molecule has 2 fully saturated rings. The van der Waals surface area contributed by atoms with E-state index in [1.807, 2.05) is 0 Å². The molecule has 1 aromatic rings. The summed E-state index contributed by atoms with van der Waals surface area (Å²) in [5, 5.41) is 11.3. The minimum absolute atomic E-state index is 0.0102. The van der Waals surface area contributed by atoms with Crippen LogP contribution in [0.4, 0.5) is 0 Å². The van der Waals surface area contributed by atoms with Gasteiger partial charge >= 0.3 is 0 Å². The largest absolute Gasteiger partial charge is 0.359 e. The summed E-state index contributed by atoms with van der Waals surface area (Å²) in [6, 6.07) is 9.08. The molecule has 2 aliphatic heterocycles. The van der Waals surface area contributed by atoms with Crippen molar-refractivity contribution in [1.82, 2.24) is 15.1 Å². The first-order valence-electron chi connectivity index (χ1n) is 8.29. The normalized spacial score (nSPS) is 20.2. The summed E-state index contributed by atoms with van der Waals surface area (Å²) < 4.78 is 0. The van der Waals surface area contributed by atoms with Crippen LogP contribution in [0.5, 0.6) is 0 Å². The second-order valence-corrected chi connectivity index (χ2v) is 6.46. The highest BCUT2D eigenvalue weighted by molar-refractivity contribution is 5.95. The molecule has 2 saturated heterocycles. The molecule has 0 aliphatic carbocycles. The van der Waals surface area contributed by atoms with Crippen LogP contribution in [0.15, 0.2) is 24.3 Å². The minimum Gasteiger partial charge on any atom is -0.359 e. The standard InChI is InChI=1S/C18H20N4O3/c1-20-17(24)14-8-16(23)22(9-14)15-10-21(11-15)18(25)13-4-2-12(3-5-13)6-7-19/h2-5,14-15H,6,8-11H2,1H3,(H,20,24). The Kier molecular flexibility index (Phi) is 4.70. The molecular weight excluding hydrogens is 320 g/mol. The zero-order chi connectivity index (χ0) is 18.0. The van der Waals surface area contributed by atoms with Crippen LogP contribution >= 0.6 is 0 Å². The van der Waals surface area contributed by atoms with Gasteiger partial charge in [0.2, 0.25) is 11.8 Å². The highest BCUT2D eigenvalue weighted by atomic mass is 16.2. The zero-order valence-electron chi connectivity index (χ0n) is 14.1. The van der Waals surface area contributed by atoms with Crippen LogP contribution in [0, 0.1) is 17.2 Å². The molecule has 1 unspecified atom stereocenters. The monoisotopic (exact) mass is 340 g/mol. The molecular formula is C18H20N4O3. The Morgan fingerprint density at radius 1 is 1.24 bits per heavy atom. The summed E-state index contributed by atoms with van der Waals surface area (Å²) in [6.07, 6.45) is 0.564. The van der Waals surface area contributed by atoms with E-state index in [-0.39, 0.29) is 36.1 Å². The molecule has 7 nitrogen and oxygen atoms in total. The van der Waals surface area contributed by atoms with E-state index >= 15 is 0 Å². The second-order valence-electron chi connectivity index (χ2n) is 6.46. The van der Waals surface area contributed by atoms with Gasteiger partial charge in [-0.15, -0.1) is 0 Å². The number of rotatable bonds is 4. The maximum absolute atomic E-state index is 12.5. The van der Waals surface area contributed by atoms with E-state index in [0.29, 0.717) is 31.6 Å². The van der Waals surface area contributed by atoms with Crippen molar-refractivity contribution < 1.29 is 14.4 Å². The maximum atomic E-state index is 12.5. The van der Waals surface area contributed by atoms with Gasteiger partial charge in [0, 0.05) is 38.7 Å². The van der Waals surface area contributed by atoms with Crippen LogP contribution in [0.3, 0.4) is 0 Å². The maximum Gasteiger partial charge on any atom is 0.253 e. The molecule has 0 spiro atoms. The first-order valence-corrected chi connectivity index (χ1v) is 8.29. The van der Waals surface area contributed by atoms with Crippen molar-refractivity contribution in [2.24, 2.45) is 5.92 Å². The fraction of sp³-hybridized carbons (Fsp3) is 0.444. The Balaban J connectivity index is 1.55. The highest BCUT2D eigenvalue weighted by Crippen LogP contribution is 2.26. The van der Waals surface area contributed by atoms with E-state index in [1.165, 1.54) is 0 Å². The lowest BCUT2D eigenvalue weighted by Gasteiger charge is -2.44. The Labute approximate surface area is 146 Å². The molecule has 1 aromatic carbocycles. The van der Waals surface area contributed by atoms with Gasteiger partial charge in [0.05, 0.1) is 24.4 Å². The molecule has 0 bridgehead atoms. The van der Waals surface area contributed by atoms with Crippen LogP contribution in [-0.2, 0) is 16.0 Å². The zero-order valence-corrected chi connectivity index (χ0v) is 14.1. The smallest absolute Gasteiger partial charge is 0.253 e. The average Bonchev–Trinajstić information content (AvgIpc) is 2.95. The summed E-state index contributed by atoms with van der Waals surface area (Å²) in [5.41, 5.74) is 1.46. The van der Waals surface area contributed by atoms with Crippen molar-refractivity contribution in [3.63, 3.8) is 0 Å². The van der Waals surface area contributed by atoms with Crippen LogP contribution in [0.1, 0.15) is 22.3 Å². The predicted octanol–water partition coefficient (Wildman–Crippen LogP) is 0.172. The quantitative estimate of drug-likeness (QED) is 0.845. The van der Waals surface area contributed by atoms with Gasteiger partial charge in [-0.2, -0.15) is 5.26 Å². The number of carbonyl (C=O) groups excluding carboxylic acids is 3. The molecule has 130 valence electrons. The van der Waals surface area contributed by atoms with Gasteiger partial charge in [0.15, 0.2) is 0 Å². The fourth-order valence-corrected chi connectivity index (χ4v) is 3.32. The van der Waals surface area contributed by atoms with Crippen LogP contribution < -0.4 is 5.32 Å². The fourth-order valence-electron chi connectivity index (χ4n) is 3.32. The van der Waals surface area contributed by atoms with Gasteiger partial charge in [0.25, 0.3) is 5.91 Å². The van der Waals surface area contributed by atoms with Crippen molar-refractivity contribution in [1.29, 1.82) is 5.26 Å². The van der Waals surface area contributed by atoms with E-state index in [2.05, 4.69) is 11.4 Å². The van der Waals surface area contributed by atoms with Crippen LogP contribution in [0.25, 0.3) is 0 Å². The van der Waals surface area contributed by atoms with E-state index in [9.17, 15) is 14.4 Å². The van der Waals surface area contributed by atoms with Gasteiger partial charge in [-0.05, 0) is 17.7 Å². The van der Waals surface area contributed by atoms with Crippen molar-refractivity contribution in [2.45, 2.75) is 18.9 Å². The molecule has 25 heavy (non-hydrogen) atoms. The Morgan fingerprint density at radius 3 is 2.52 bits per heavy atom. The van der Waals surface area contributed by atoms with Gasteiger partial charge in [-0.3, -0.25) is 14.4 Å². The number of benzene rings is 1. The molecule has 2 heterocycles. The van der Waals surface area contributed by atoms with Gasteiger partial charge in [-0.1, -0.05) is 12.1 Å². The van der Waals surface area contributed by atoms with Gasteiger partial charge in [0.1, 0.15) is 0 Å². The first-order chi connectivity index (χ1) is 12.0. The topological polar surface area (TPSA) is 93.5 Å². The van der Waals surface area contributed by atoms with Gasteiger partial charge in [-0.25, -0.2) is 0 Å². The molecule has 0 radical (unpaired) electrons. The summed E-state index contributed by atoms with van der Waals surface area (Å²) >= 11 is 0. The second kappa shape index (κ2) is 6.93. The lowest BCUT2D eigenvalue weighted by molar-refractivity contribution is -0.132. The molecule has 3 rings (SSSR count). The van der Waals surface area contributed by atoms with Crippen LogP contribution in [-0.4, -0.2) is 60.2 Å². The van der Waals surface area contributed by atoms with E-state index in [1.54, 1.807) is 41.1 Å². The minimum atomic E-state index is -0.296. The molecule has 7 heteroatoms. The molecule has 0 saturated carbocycles. The Bertz CT molecular complexity index is 732. The summed E-state index contributed by atoms with van der Waals surface area (Å²) in [5.74, 6) is -0.503. The number of hydrogen-bond donors (Lipinski definition) is 1. The lowest BCUT2D eigenvalue weighted by atomic mass is 10.0. The number of likely N-dealkylation sites (tertiary alicyclic amines) is 2. The number of amides is 3. The lowest BCUT2D eigenvalue weighted by Crippen LogP contribution is -2.61. The number of hydrogen-bond acceptors (Lipinski definition) is 4. The number of nitriles is 1. The van der Waals surface area contributed by atoms with E-state index < -0.39 is 0 Å². The molecule has 0 aromatic heterocycles. The first kappa shape index (κ1) is 17.0. The Hall–Kier alpha value is -2.88. The van der Waals surface area contributed by atoms with Crippen molar-refractivity contribution in [2.75, 3.05) is 26.7 Å². The number of nitrogens with zero attached hydrogens (tertiary/aromatic N) is 3. The SMILES string of the molecule is CNC(=O)C1CC(=O)N(C2CN(C(=O)c3ccc(CC#N)cc3)C2)C1. The summed E-state index contributed by atoms with van der Waals surface area (Å²) in [7, 11) is 1.57. The van der Waals surface area contributed by atoms with E-state index in [4.69, 9.17) is 5.26 Å². The summed E-state index contributed by atoms with van der Waals surface area (Å²) in [4.78, 5) is 39.7. The summed E-state index contributed by atoms with van der Waals surface area (Å²) in [6.45, 7) is 1.41. The number of carbonyl (C=O) groups is 3. The van der Waals surface area contributed by atoms with Crippen molar-refractivity contribution in [3.05, 3.63) is 35.4 Å². The van der Waals surface area contributed by atoms with E-state index in [0.717, 1.165) is 5.56 Å². The third-order valence-corrected chi connectivity index (χ3v) is 4.85. The van der Waals surface area contributed by atoms with Gasteiger partial charge < -0.3 is 15.1 Å². The molecule has 3 amide bonds. The molecule has 1 N–H and O–H groups in total. The Morgan fingerprint density at radius 2 is 1.92 bits per heavy atom. The molecule has 1 atom stereocenters. The molecule has 2 aliphatic rings. The predicted molar refractivity (Wildman–Crippen MR) is 89.3 cm³/mol. The third-order valence-electron chi connectivity index (χ3n) is 4.85. The van der Waals surface area contributed by atoms with Crippen molar-refractivity contribution >= 4 is 17.7 Å². The van der Waals surface area contributed by atoms with Crippen LogP contribution in [0.2, 0.25) is 0 Å². The number of nitrogens with one attached hydrogen (secondary N) is 1. The van der Waals surface area contributed by atoms with Crippen molar-refractivity contribution in [3.8, 4) is 6.07 Å². The average molecular weight is 340 g/mol.